The minimum Gasteiger partial charge on any atom is -0.492 e. The van der Waals surface area contributed by atoms with E-state index in [1.165, 1.54) is 13.3 Å². The molecule has 0 spiro atoms. The number of aromatic nitrogens is 3. The quantitative estimate of drug-likeness (QED) is 0.460. The average Bonchev–Trinajstić information content (AvgIpc) is 2.80. The van der Waals surface area contributed by atoms with Crippen molar-refractivity contribution < 1.29 is 9.53 Å². The zero-order chi connectivity index (χ0) is 13.7. The Balaban J connectivity index is 1.86. The van der Waals surface area contributed by atoms with Gasteiger partial charge in [-0.2, -0.15) is 5.10 Å². The molecule has 0 fully saturated rings. The standard InChI is InChI=1S/C13H15N3O2S/c1-10(17)11-5-3-4-6-12(11)18-7-8-19-13-14-9-15-16(13)2/h3-6,9H,7-8H2,1-2H3. The Morgan fingerprint density at radius 2 is 2.21 bits per heavy atom. The summed E-state index contributed by atoms with van der Waals surface area (Å²) in [6.07, 6.45) is 1.52. The number of hydrogen-bond donors (Lipinski definition) is 0. The summed E-state index contributed by atoms with van der Waals surface area (Å²) in [5.74, 6) is 1.39. The summed E-state index contributed by atoms with van der Waals surface area (Å²) in [6, 6.07) is 7.27. The van der Waals surface area contributed by atoms with Crippen LogP contribution in [0.4, 0.5) is 0 Å². The van der Waals surface area contributed by atoms with Gasteiger partial charge in [0.25, 0.3) is 0 Å². The number of nitrogens with zero attached hydrogens (tertiary/aromatic N) is 3. The fourth-order valence-corrected chi connectivity index (χ4v) is 2.29. The summed E-state index contributed by atoms with van der Waals surface area (Å²) in [5, 5.41) is 4.84. The molecule has 6 heteroatoms. The van der Waals surface area contributed by atoms with Gasteiger partial charge in [-0.1, -0.05) is 23.9 Å². The largest absolute Gasteiger partial charge is 0.492 e. The smallest absolute Gasteiger partial charge is 0.185 e. The van der Waals surface area contributed by atoms with E-state index >= 15 is 0 Å². The lowest BCUT2D eigenvalue weighted by atomic mass is 10.1. The number of carbonyl (C=O) groups excluding carboxylic acids is 1. The molecule has 5 nitrogen and oxygen atoms in total. The van der Waals surface area contributed by atoms with E-state index in [4.69, 9.17) is 4.74 Å². The lowest BCUT2D eigenvalue weighted by Gasteiger charge is -2.09. The highest BCUT2D eigenvalue weighted by Crippen LogP contribution is 2.19. The lowest BCUT2D eigenvalue weighted by Crippen LogP contribution is -2.05. The Morgan fingerprint density at radius 3 is 2.89 bits per heavy atom. The van der Waals surface area contributed by atoms with Gasteiger partial charge in [0.1, 0.15) is 12.1 Å². The maximum absolute atomic E-state index is 11.4. The molecule has 0 atom stereocenters. The molecule has 0 bridgehead atoms. The van der Waals surface area contributed by atoms with Gasteiger partial charge < -0.3 is 4.74 Å². The number of Topliss-reactive ketones (excluding diaryl/α,β-unsaturated/α-hetero) is 1. The van der Waals surface area contributed by atoms with Crippen LogP contribution in [0.2, 0.25) is 0 Å². The molecule has 0 aliphatic carbocycles. The Kier molecular flexibility index (Phi) is 4.57. The number of aryl methyl sites for hydroxylation is 1. The van der Waals surface area contributed by atoms with Crippen molar-refractivity contribution in [2.75, 3.05) is 12.4 Å². The molecule has 0 unspecified atom stereocenters. The third-order valence-corrected chi connectivity index (χ3v) is 3.51. The number of carbonyl (C=O) groups is 1. The van der Waals surface area contributed by atoms with Crippen LogP contribution in [0.5, 0.6) is 5.75 Å². The van der Waals surface area contributed by atoms with E-state index in [0.717, 1.165) is 10.9 Å². The first-order chi connectivity index (χ1) is 9.18. The van der Waals surface area contributed by atoms with E-state index in [0.29, 0.717) is 17.9 Å². The first kappa shape index (κ1) is 13.6. The number of benzene rings is 1. The third kappa shape index (κ3) is 3.57. The van der Waals surface area contributed by atoms with Gasteiger partial charge in [0, 0.05) is 12.8 Å². The van der Waals surface area contributed by atoms with E-state index in [1.54, 1.807) is 22.5 Å². The molecular weight excluding hydrogens is 262 g/mol. The van der Waals surface area contributed by atoms with E-state index in [-0.39, 0.29) is 5.78 Å². The molecule has 1 heterocycles. The Labute approximate surface area is 116 Å². The molecule has 100 valence electrons. The normalized spacial score (nSPS) is 10.4. The van der Waals surface area contributed by atoms with Crippen LogP contribution >= 0.6 is 11.8 Å². The van der Waals surface area contributed by atoms with Crippen LogP contribution in [0, 0.1) is 0 Å². The van der Waals surface area contributed by atoms with E-state index < -0.39 is 0 Å². The van der Waals surface area contributed by atoms with Crippen molar-refractivity contribution >= 4 is 17.5 Å². The van der Waals surface area contributed by atoms with Crippen molar-refractivity contribution in [1.29, 1.82) is 0 Å². The third-order valence-electron chi connectivity index (χ3n) is 2.51. The molecule has 0 amide bonds. The summed E-state index contributed by atoms with van der Waals surface area (Å²) in [4.78, 5) is 15.5. The monoisotopic (exact) mass is 277 g/mol. The number of hydrogen-bond acceptors (Lipinski definition) is 5. The molecule has 2 aromatic rings. The predicted octanol–water partition coefficient (Wildman–Crippen LogP) is 2.19. The lowest BCUT2D eigenvalue weighted by molar-refractivity contribution is 0.101. The van der Waals surface area contributed by atoms with Gasteiger partial charge in [-0.15, -0.1) is 0 Å². The van der Waals surface area contributed by atoms with Crippen molar-refractivity contribution in [1.82, 2.24) is 14.8 Å². The average molecular weight is 277 g/mol. The van der Waals surface area contributed by atoms with E-state index in [1.807, 2.05) is 25.2 Å². The first-order valence-corrected chi connectivity index (χ1v) is 6.86. The molecule has 1 aromatic carbocycles. The topological polar surface area (TPSA) is 57.0 Å². The second kappa shape index (κ2) is 6.38. The van der Waals surface area contributed by atoms with Gasteiger partial charge in [-0.25, -0.2) is 9.67 Å². The highest BCUT2D eigenvalue weighted by atomic mass is 32.2. The van der Waals surface area contributed by atoms with Gasteiger partial charge in [-0.3, -0.25) is 4.79 Å². The molecule has 0 saturated carbocycles. The number of rotatable bonds is 6. The molecule has 0 aliphatic heterocycles. The van der Waals surface area contributed by atoms with Gasteiger partial charge in [0.2, 0.25) is 0 Å². The Hall–Kier alpha value is -1.82. The molecule has 2 rings (SSSR count). The zero-order valence-electron chi connectivity index (χ0n) is 10.9. The molecule has 0 N–H and O–H groups in total. The molecule has 19 heavy (non-hydrogen) atoms. The summed E-state index contributed by atoms with van der Waals surface area (Å²) in [7, 11) is 1.85. The summed E-state index contributed by atoms with van der Waals surface area (Å²) in [5.41, 5.74) is 0.617. The first-order valence-electron chi connectivity index (χ1n) is 5.88. The Morgan fingerprint density at radius 1 is 1.42 bits per heavy atom. The second-order valence-electron chi connectivity index (χ2n) is 3.92. The van der Waals surface area contributed by atoms with Crippen LogP contribution in [0.25, 0.3) is 0 Å². The van der Waals surface area contributed by atoms with Crippen LogP contribution in [-0.4, -0.2) is 32.9 Å². The summed E-state index contributed by atoms with van der Waals surface area (Å²) < 4.78 is 7.35. The van der Waals surface area contributed by atoms with Crippen LogP contribution in [0.3, 0.4) is 0 Å². The van der Waals surface area contributed by atoms with E-state index in [9.17, 15) is 4.79 Å². The fraction of sp³-hybridized carbons (Fsp3) is 0.308. The number of thioether (sulfide) groups is 1. The van der Waals surface area contributed by atoms with Crippen molar-refractivity contribution in [2.45, 2.75) is 12.1 Å². The number of ether oxygens (including phenoxy) is 1. The number of ketones is 1. The predicted molar refractivity (Wildman–Crippen MR) is 73.7 cm³/mol. The maximum Gasteiger partial charge on any atom is 0.185 e. The van der Waals surface area contributed by atoms with Crippen LogP contribution < -0.4 is 4.74 Å². The van der Waals surface area contributed by atoms with E-state index in [2.05, 4.69) is 10.1 Å². The second-order valence-corrected chi connectivity index (χ2v) is 4.98. The maximum atomic E-state index is 11.4. The summed E-state index contributed by atoms with van der Waals surface area (Å²) >= 11 is 1.57. The Bertz CT molecular complexity index is 569. The SMILES string of the molecule is CC(=O)c1ccccc1OCCSc1ncnn1C. The highest BCUT2D eigenvalue weighted by Gasteiger charge is 2.07. The minimum absolute atomic E-state index is 0.0107. The van der Waals surface area contributed by atoms with Gasteiger partial charge >= 0.3 is 0 Å². The highest BCUT2D eigenvalue weighted by molar-refractivity contribution is 7.99. The van der Waals surface area contributed by atoms with Crippen LogP contribution in [0.15, 0.2) is 35.7 Å². The van der Waals surface area contributed by atoms with Gasteiger partial charge in [-0.05, 0) is 19.1 Å². The van der Waals surface area contributed by atoms with Crippen molar-refractivity contribution in [3.05, 3.63) is 36.2 Å². The fourth-order valence-electron chi connectivity index (χ4n) is 1.58. The van der Waals surface area contributed by atoms with Crippen molar-refractivity contribution in [2.24, 2.45) is 7.05 Å². The van der Waals surface area contributed by atoms with Crippen molar-refractivity contribution in [3.8, 4) is 5.75 Å². The number of para-hydroxylation sites is 1. The van der Waals surface area contributed by atoms with Crippen molar-refractivity contribution in [3.63, 3.8) is 0 Å². The zero-order valence-corrected chi connectivity index (χ0v) is 11.7. The molecule has 0 radical (unpaired) electrons. The van der Waals surface area contributed by atoms with Gasteiger partial charge in [0.15, 0.2) is 10.9 Å². The van der Waals surface area contributed by atoms with Gasteiger partial charge in [0.05, 0.1) is 12.2 Å². The molecule has 1 aromatic heterocycles. The molecule has 0 aliphatic rings. The van der Waals surface area contributed by atoms with Crippen LogP contribution in [0.1, 0.15) is 17.3 Å². The van der Waals surface area contributed by atoms with Crippen LogP contribution in [-0.2, 0) is 7.05 Å². The minimum atomic E-state index is 0.0107. The molecular formula is C13H15N3O2S. The summed E-state index contributed by atoms with van der Waals surface area (Å²) in [6.45, 7) is 2.05. The molecule has 0 saturated heterocycles.